The van der Waals surface area contributed by atoms with Gasteiger partial charge in [0.15, 0.2) is 0 Å². The highest BCUT2D eigenvalue weighted by Gasteiger charge is 2.55. The molecule has 6 aliphatic carbocycles. The van der Waals surface area contributed by atoms with Crippen LogP contribution in [0.5, 0.6) is 0 Å². The number of para-hydroxylation sites is 1. The lowest BCUT2D eigenvalue weighted by atomic mass is 9.60. The van der Waals surface area contributed by atoms with Gasteiger partial charge in [0.2, 0.25) is 0 Å². The highest BCUT2D eigenvalue weighted by atomic mass is 15.1. The molecule has 0 fully saturated rings. The molecule has 0 N–H and O–H groups in total. The Morgan fingerprint density at radius 3 is 1.79 bits per heavy atom. The molecule has 0 saturated heterocycles. The van der Waals surface area contributed by atoms with Crippen LogP contribution in [-0.4, -0.2) is 0 Å². The summed E-state index contributed by atoms with van der Waals surface area (Å²) in [6.45, 7) is 0. The summed E-state index contributed by atoms with van der Waals surface area (Å²) in [7, 11) is 0. The normalized spacial score (nSPS) is 21.8. The van der Waals surface area contributed by atoms with E-state index in [1.54, 1.807) is 0 Å². The highest BCUT2D eigenvalue weighted by Crippen LogP contribution is 2.64. The lowest BCUT2D eigenvalue weighted by molar-refractivity contribution is 0.459. The molecule has 0 amide bonds. The van der Waals surface area contributed by atoms with Crippen LogP contribution in [0.15, 0.2) is 260 Å². The number of benzene rings is 8. The van der Waals surface area contributed by atoms with Crippen LogP contribution in [0.25, 0.3) is 40.0 Å². The van der Waals surface area contributed by atoms with Crippen molar-refractivity contribution in [3.05, 3.63) is 309 Å². The second-order valence-electron chi connectivity index (χ2n) is 20.6. The number of nitrogens with zero attached hydrogens (tertiary/aromatic N) is 1. The summed E-state index contributed by atoms with van der Waals surface area (Å²) >= 11 is 0. The molecule has 0 spiro atoms. The van der Waals surface area contributed by atoms with E-state index in [1.807, 2.05) is 0 Å². The molecule has 1 heteroatoms. The minimum atomic E-state index is -0.448. The maximum atomic E-state index is 2.53. The Labute approximate surface area is 430 Å². The molecule has 0 bridgehead atoms. The van der Waals surface area contributed by atoms with Gasteiger partial charge in [0.05, 0.1) is 10.8 Å². The van der Waals surface area contributed by atoms with Crippen molar-refractivity contribution in [2.45, 2.75) is 55.3 Å². The number of allylic oxidation sites excluding steroid dienone is 12. The van der Waals surface area contributed by atoms with Gasteiger partial charge in [0.1, 0.15) is 0 Å². The molecule has 1 nitrogen and oxygen atoms in total. The molecule has 73 heavy (non-hydrogen) atoms. The van der Waals surface area contributed by atoms with Crippen LogP contribution < -0.4 is 15.3 Å². The third-order valence-electron chi connectivity index (χ3n) is 17.0. The van der Waals surface area contributed by atoms with E-state index >= 15 is 0 Å². The summed E-state index contributed by atoms with van der Waals surface area (Å²) in [6.07, 6.45) is 33.3. The van der Waals surface area contributed by atoms with Gasteiger partial charge in [0, 0.05) is 28.9 Å². The maximum absolute atomic E-state index is 2.53. The van der Waals surface area contributed by atoms with Gasteiger partial charge < -0.3 is 4.90 Å². The summed E-state index contributed by atoms with van der Waals surface area (Å²) in [5.41, 5.74) is 21.5. The minimum Gasteiger partial charge on any atom is -0.310 e. The molecule has 4 unspecified atom stereocenters. The Balaban J connectivity index is 0.919. The molecule has 0 aliphatic heterocycles. The molecule has 0 saturated carbocycles. The van der Waals surface area contributed by atoms with Crippen LogP contribution in [0.1, 0.15) is 83.4 Å². The molecular weight excluding hydrogens is 879 g/mol. The summed E-state index contributed by atoms with van der Waals surface area (Å²) in [5.74, 6) is 0.366. The largest absolute Gasteiger partial charge is 0.310 e. The fraction of sp³-hybridized carbons (Fsp3) is 0.139. The zero-order valence-electron chi connectivity index (χ0n) is 41.2. The van der Waals surface area contributed by atoms with Crippen molar-refractivity contribution in [1.82, 2.24) is 0 Å². The molecule has 6 aliphatic rings. The average molecular weight is 936 g/mol. The molecule has 8 aromatic carbocycles. The van der Waals surface area contributed by atoms with E-state index in [0.29, 0.717) is 0 Å². The Bertz CT molecular complexity index is 3790. The van der Waals surface area contributed by atoms with Gasteiger partial charge in [-0.3, -0.25) is 0 Å². The highest BCUT2D eigenvalue weighted by molar-refractivity contribution is 5.92. The van der Waals surface area contributed by atoms with Gasteiger partial charge in [-0.15, -0.1) is 0 Å². The molecule has 0 radical (unpaired) electrons. The predicted molar refractivity (Wildman–Crippen MR) is 306 cm³/mol. The number of hydrogen-bond acceptors (Lipinski definition) is 1. The average Bonchev–Trinajstić information content (AvgIpc) is 3.96. The minimum absolute atomic E-state index is 0.167. The van der Waals surface area contributed by atoms with Crippen molar-refractivity contribution in [3.8, 4) is 22.3 Å². The van der Waals surface area contributed by atoms with E-state index in [0.717, 1.165) is 55.6 Å². The van der Waals surface area contributed by atoms with Gasteiger partial charge in [-0.05, 0) is 163 Å². The fourth-order valence-corrected chi connectivity index (χ4v) is 14.1. The van der Waals surface area contributed by atoms with Crippen molar-refractivity contribution < 1.29 is 0 Å². The number of anilines is 3. The van der Waals surface area contributed by atoms with E-state index in [2.05, 4.69) is 266 Å². The lowest BCUT2D eigenvalue weighted by Gasteiger charge is -2.41. The number of fused-ring (bicyclic) bond motifs is 7. The molecule has 4 atom stereocenters. The first-order valence-electron chi connectivity index (χ1n) is 26.6. The van der Waals surface area contributed by atoms with Gasteiger partial charge in [-0.25, -0.2) is 0 Å². The molecule has 8 aromatic rings. The molecule has 14 rings (SSSR count). The summed E-state index contributed by atoms with van der Waals surface area (Å²) in [6, 6.07) is 73.5. The molecular formula is C72H57N. The van der Waals surface area contributed by atoms with Crippen molar-refractivity contribution in [2.24, 2.45) is 5.92 Å². The van der Waals surface area contributed by atoms with Crippen molar-refractivity contribution in [2.75, 3.05) is 4.90 Å². The van der Waals surface area contributed by atoms with Crippen LogP contribution in [0.4, 0.5) is 17.1 Å². The van der Waals surface area contributed by atoms with Crippen molar-refractivity contribution >= 4 is 34.8 Å². The third kappa shape index (κ3) is 6.68. The smallest absolute Gasteiger partial charge is 0.0711 e. The molecule has 0 aromatic heterocycles. The zero-order chi connectivity index (χ0) is 48.3. The van der Waals surface area contributed by atoms with Crippen molar-refractivity contribution in [1.29, 1.82) is 0 Å². The van der Waals surface area contributed by atoms with Crippen LogP contribution in [0, 0.1) is 5.92 Å². The topological polar surface area (TPSA) is 3.24 Å². The van der Waals surface area contributed by atoms with Crippen LogP contribution in [-0.2, 0) is 10.8 Å². The van der Waals surface area contributed by atoms with E-state index in [1.165, 1.54) is 88.4 Å². The Morgan fingerprint density at radius 1 is 0.438 bits per heavy atom. The fourth-order valence-electron chi connectivity index (χ4n) is 14.1. The van der Waals surface area contributed by atoms with Gasteiger partial charge in [-0.1, -0.05) is 225 Å². The summed E-state index contributed by atoms with van der Waals surface area (Å²) in [5, 5.41) is 2.71. The second kappa shape index (κ2) is 17.8. The molecule has 0 heterocycles. The number of hydrogen-bond donors (Lipinski definition) is 0. The number of rotatable bonds is 9. The van der Waals surface area contributed by atoms with Crippen LogP contribution in [0.3, 0.4) is 0 Å². The SMILES string of the molecule is C1=CC2C(C(c3c(-c4ccc(N(c5ccccc5)c5ccc6c(c5)C(C5=CCCC=C5)(c5ccccc5)c5ccccc5-6)cc4)ccc4c3=CCCC=4)=C1)c1ccccc1C2(C1=CCCC=C1)c1ccccc1. The Kier molecular flexibility index (Phi) is 10.6. The Morgan fingerprint density at radius 2 is 1.04 bits per heavy atom. The quantitative estimate of drug-likeness (QED) is 0.139. The van der Waals surface area contributed by atoms with Crippen LogP contribution in [0.2, 0.25) is 0 Å². The first-order valence-corrected chi connectivity index (χ1v) is 26.6. The standard InChI is InChI=1S/C72H57N/c1-6-24-52(25-7-1)71(53-26-8-2-9-27-53)66-39-21-19-36-63(66)70-64(37-22-40-67(70)71)69-59-34-17-16-23-50(59)43-47-60(69)51-41-44-57(45-42-51)73(56-32-14-5-15-33-56)58-46-48-62-61-35-18-20-38-65(61)72(68(62)49-58,54-28-10-3-11-29-54)55-30-12-4-13-31-55/h1,3,5-8,10-12,14-15,18-49,67,70H,2,4,9,13,16-17H2. The summed E-state index contributed by atoms with van der Waals surface area (Å²) < 4.78 is 0. The second-order valence-corrected chi connectivity index (χ2v) is 20.6. The van der Waals surface area contributed by atoms with E-state index in [4.69, 9.17) is 0 Å². The van der Waals surface area contributed by atoms with Crippen LogP contribution >= 0.6 is 0 Å². The van der Waals surface area contributed by atoms with Gasteiger partial charge in [0.25, 0.3) is 0 Å². The summed E-state index contributed by atoms with van der Waals surface area (Å²) in [4.78, 5) is 2.45. The first-order chi connectivity index (χ1) is 36.2. The van der Waals surface area contributed by atoms with Gasteiger partial charge >= 0.3 is 0 Å². The first kappa shape index (κ1) is 43.5. The maximum Gasteiger partial charge on any atom is 0.0711 e. The monoisotopic (exact) mass is 935 g/mol. The predicted octanol–water partition coefficient (Wildman–Crippen LogP) is 16.7. The third-order valence-corrected chi connectivity index (χ3v) is 17.0. The zero-order valence-corrected chi connectivity index (χ0v) is 41.2. The Hall–Kier alpha value is -8.26. The van der Waals surface area contributed by atoms with Gasteiger partial charge in [-0.2, -0.15) is 0 Å². The molecule has 350 valence electrons. The van der Waals surface area contributed by atoms with Crippen molar-refractivity contribution in [3.63, 3.8) is 0 Å². The van der Waals surface area contributed by atoms with E-state index in [9.17, 15) is 0 Å². The van der Waals surface area contributed by atoms with E-state index in [-0.39, 0.29) is 17.3 Å². The van der Waals surface area contributed by atoms with E-state index < -0.39 is 5.41 Å². The lowest BCUT2D eigenvalue weighted by Crippen LogP contribution is -2.37.